The number of rotatable bonds is 7. The highest BCUT2D eigenvalue weighted by Crippen LogP contribution is 2.52. The molecule has 1 N–H and O–H groups in total. The van der Waals surface area contributed by atoms with Gasteiger partial charge in [-0.3, -0.25) is 9.80 Å². The van der Waals surface area contributed by atoms with Gasteiger partial charge in [-0.25, -0.2) is 0 Å². The van der Waals surface area contributed by atoms with E-state index >= 15 is 0 Å². The van der Waals surface area contributed by atoms with Crippen LogP contribution in [0.25, 0.3) is 10.9 Å². The van der Waals surface area contributed by atoms with Gasteiger partial charge in [0.15, 0.2) is 0 Å². The molecule has 2 atom stereocenters. The molecular weight excluding hydrogens is 489 g/mol. The average Bonchev–Trinajstić information content (AvgIpc) is 3.47. The zero-order valence-electron chi connectivity index (χ0n) is 22.1. The van der Waals surface area contributed by atoms with Gasteiger partial charge in [0.2, 0.25) is 0 Å². The van der Waals surface area contributed by atoms with E-state index in [0.29, 0.717) is 0 Å². The Labute approximate surface area is 232 Å². The zero-order chi connectivity index (χ0) is 26.1. The fourth-order valence-corrected chi connectivity index (χ4v) is 6.82. The lowest BCUT2D eigenvalue weighted by Gasteiger charge is -2.43. The van der Waals surface area contributed by atoms with Crippen molar-refractivity contribution in [3.63, 3.8) is 0 Å². The van der Waals surface area contributed by atoms with E-state index in [-0.39, 0.29) is 11.5 Å². The van der Waals surface area contributed by atoms with Crippen LogP contribution in [0.5, 0.6) is 0 Å². The minimum absolute atomic E-state index is 0.0508. The van der Waals surface area contributed by atoms with Gasteiger partial charge >= 0.3 is 0 Å². The van der Waals surface area contributed by atoms with Crippen LogP contribution in [-0.4, -0.2) is 62.0 Å². The molecule has 0 bridgehead atoms. The number of hydrogen-bond donors (Lipinski definition) is 1. The standard InChI is InChI=1S/C32H35BClN3O/c1-23-2-4-24(5-3-23)19-32(22-36-14-16-38-17-15-36)12-13-37(21-25-6-8-26(33)9-7-25)31(32)29-20-35-30-18-27(34)10-11-28(29)30/h2-11,18,20,31,35H,12-17,19,21-22H2,1H3. The van der Waals surface area contributed by atoms with Crippen molar-refractivity contribution in [1.82, 2.24) is 14.8 Å². The number of likely N-dealkylation sites (tertiary alicyclic amines) is 1. The highest BCUT2D eigenvalue weighted by Gasteiger charge is 2.49. The smallest absolute Gasteiger partial charge is 0.113 e. The lowest BCUT2D eigenvalue weighted by Crippen LogP contribution is -2.47. The molecule has 0 spiro atoms. The number of nitrogens with one attached hydrogen (secondary N) is 1. The third-order valence-corrected chi connectivity index (χ3v) is 8.73. The summed E-state index contributed by atoms with van der Waals surface area (Å²) in [6.45, 7) is 8.76. The average molecular weight is 524 g/mol. The molecule has 1 aromatic heterocycles. The molecule has 2 aliphatic heterocycles. The predicted molar refractivity (Wildman–Crippen MR) is 157 cm³/mol. The molecule has 6 heteroatoms. The van der Waals surface area contributed by atoms with Crippen LogP contribution in [0, 0.1) is 12.3 Å². The number of fused-ring (bicyclic) bond motifs is 1. The summed E-state index contributed by atoms with van der Waals surface area (Å²) in [7, 11) is 6.01. The zero-order valence-corrected chi connectivity index (χ0v) is 22.9. The molecule has 0 saturated carbocycles. The Hall–Kier alpha value is -2.57. The molecule has 2 aliphatic rings. The fourth-order valence-electron chi connectivity index (χ4n) is 6.64. The van der Waals surface area contributed by atoms with Crippen molar-refractivity contribution in [3.8, 4) is 0 Å². The maximum Gasteiger partial charge on any atom is 0.113 e. The van der Waals surface area contributed by atoms with Crippen molar-refractivity contribution in [3.05, 3.63) is 100 Å². The van der Waals surface area contributed by atoms with Crippen molar-refractivity contribution in [1.29, 1.82) is 0 Å². The summed E-state index contributed by atoms with van der Waals surface area (Å²) in [5.74, 6) is 0. The van der Waals surface area contributed by atoms with E-state index in [1.54, 1.807) is 0 Å². The molecule has 4 aromatic rings. The molecule has 4 nitrogen and oxygen atoms in total. The quantitative estimate of drug-likeness (QED) is 0.328. The largest absolute Gasteiger partial charge is 0.379 e. The fraction of sp³-hybridized carbons (Fsp3) is 0.375. The first-order valence-electron chi connectivity index (χ1n) is 13.7. The Morgan fingerprint density at radius 2 is 1.71 bits per heavy atom. The molecule has 3 heterocycles. The molecule has 3 aromatic carbocycles. The number of morpholine rings is 1. The van der Waals surface area contributed by atoms with Crippen molar-refractivity contribution in [2.45, 2.75) is 32.4 Å². The lowest BCUT2D eigenvalue weighted by atomic mass is 9.72. The van der Waals surface area contributed by atoms with E-state index < -0.39 is 0 Å². The van der Waals surface area contributed by atoms with Gasteiger partial charge in [0, 0.05) is 59.8 Å². The molecule has 194 valence electrons. The number of ether oxygens (including phenoxy) is 1. The van der Waals surface area contributed by atoms with Gasteiger partial charge < -0.3 is 9.72 Å². The summed E-state index contributed by atoms with van der Waals surface area (Å²) >= 11 is 6.38. The first-order valence-corrected chi connectivity index (χ1v) is 14.1. The summed E-state index contributed by atoms with van der Waals surface area (Å²) < 4.78 is 5.73. The van der Waals surface area contributed by atoms with Crippen LogP contribution < -0.4 is 5.46 Å². The summed E-state index contributed by atoms with van der Waals surface area (Å²) in [6.07, 6.45) is 4.40. The van der Waals surface area contributed by atoms with Gasteiger partial charge in [0.1, 0.15) is 7.85 Å². The Kier molecular flexibility index (Phi) is 7.37. The normalized spacial score (nSPS) is 22.8. The summed E-state index contributed by atoms with van der Waals surface area (Å²) in [5, 5.41) is 2.02. The van der Waals surface area contributed by atoms with Gasteiger partial charge in [-0.05, 0) is 55.1 Å². The first-order chi connectivity index (χ1) is 18.5. The second kappa shape index (κ2) is 10.9. The summed E-state index contributed by atoms with van der Waals surface area (Å²) in [4.78, 5) is 8.87. The van der Waals surface area contributed by atoms with Crippen molar-refractivity contribution in [2.24, 2.45) is 5.41 Å². The van der Waals surface area contributed by atoms with E-state index in [1.165, 1.54) is 27.6 Å². The molecule has 38 heavy (non-hydrogen) atoms. The van der Waals surface area contributed by atoms with E-state index in [4.69, 9.17) is 24.2 Å². The van der Waals surface area contributed by atoms with Crippen molar-refractivity contribution >= 4 is 35.8 Å². The van der Waals surface area contributed by atoms with Crippen molar-refractivity contribution < 1.29 is 4.74 Å². The molecule has 6 rings (SSSR count). The van der Waals surface area contributed by atoms with Gasteiger partial charge in [-0.2, -0.15) is 0 Å². The van der Waals surface area contributed by atoms with Gasteiger partial charge in [-0.1, -0.05) is 77.2 Å². The lowest BCUT2D eigenvalue weighted by molar-refractivity contribution is 0.00612. The molecule has 0 amide bonds. The van der Waals surface area contributed by atoms with Gasteiger partial charge in [0.25, 0.3) is 0 Å². The number of hydrogen-bond acceptors (Lipinski definition) is 3. The maximum absolute atomic E-state index is 6.38. The van der Waals surface area contributed by atoms with Crippen molar-refractivity contribution in [2.75, 3.05) is 39.4 Å². The molecule has 0 aliphatic carbocycles. The second-order valence-electron chi connectivity index (χ2n) is 11.2. The number of aromatic nitrogens is 1. The Morgan fingerprint density at radius 1 is 0.974 bits per heavy atom. The summed E-state index contributed by atoms with van der Waals surface area (Å²) in [5.41, 5.74) is 7.33. The number of halogens is 1. The first kappa shape index (κ1) is 25.7. The van der Waals surface area contributed by atoms with E-state index in [2.05, 4.69) is 70.4 Å². The van der Waals surface area contributed by atoms with Crippen LogP contribution in [0.2, 0.25) is 5.02 Å². The monoisotopic (exact) mass is 523 g/mol. The van der Waals surface area contributed by atoms with E-state index in [1.807, 2.05) is 24.3 Å². The molecule has 2 radical (unpaired) electrons. The van der Waals surface area contributed by atoms with E-state index in [9.17, 15) is 0 Å². The molecule has 2 saturated heterocycles. The third kappa shape index (κ3) is 5.30. The van der Waals surface area contributed by atoms with Gasteiger partial charge in [-0.15, -0.1) is 0 Å². The Balaban J connectivity index is 1.45. The van der Waals surface area contributed by atoms with E-state index in [0.717, 1.165) is 74.8 Å². The molecule has 2 unspecified atom stereocenters. The SMILES string of the molecule is [B]c1ccc(CN2CCC(Cc3ccc(C)cc3)(CN3CCOCC3)C2c2c[nH]c3cc(Cl)ccc23)cc1. The molecule has 2 fully saturated rings. The highest BCUT2D eigenvalue weighted by molar-refractivity contribution is 6.32. The summed E-state index contributed by atoms with van der Waals surface area (Å²) in [6, 6.07) is 24.0. The topological polar surface area (TPSA) is 31.5 Å². The Bertz CT molecular complexity index is 1380. The van der Waals surface area contributed by atoms with Crippen LogP contribution in [0.1, 0.15) is 34.7 Å². The van der Waals surface area contributed by atoms with Crippen LogP contribution in [0.3, 0.4) is 0 Å². The van der Waals surface area contributed by atoms with Crippen LogP contribution in [0.4, 0.5) is 0 Å². The maximum atomic E-state index is 6.38. The number of aryl methyl sites for hydroxylation is 1. The van der Waals surface area contributed by atoms with Gasteiger partial charge in [0.05, 0.1) is 13.2 Å². The van der Waals surface area contributed by atoms with Crippen LogP contribution >= 0.6 is 11.6 Å². The molecular formula is C32H35BClN3O. The predicted octanol–water partition coefficient (Wildman–Crippen LogP) is 5.43. The Morgan fingerprint density at radius 3 is 2.47 bits per heavy atom. The minimum Gasteiger partial charge on any atom is -0.379 e. The third-order valence-electron chi connectivity index (χ3n) is 8.50. The number of aromatic amines is 1. The minimum atomic E-state index is 0.0508. The van der Waals surface area contributed by atoms with Crippen LogP contribution in [-0.2, 0) is 17.7 Å². The van der Waals surface area contributed by atoms with Crippen LogP contribution in [0.15, 0.2) is 72.9 Å². The second-order valence-corrected chi connectivity index (χ2v) is 11.6. The number of H-pyrrole nitrogens is 1. The highest BCUT2D eigenvalue weighted by atomic mass is 35.5. The number of benzene rings is 3. The number of nitrogens with zero attached hydrogens (tertiary/aromatic N) is 2.